The zero-order valence-corrected chi connectivity index (χ0v) is 27.0. The predicted octanol–water partition coefficient (Wildman–Crippen LogP) is 4.01. The van der Waals surface area contributed by atoms with Crippen molar-refractivity contribution in [3.63, 3.8) is 0 Å². The van der Waals surface area contributed by atoms with E-state index in [2.05, 4.69) is 87.7 Å². The zero-order chi connectivity index (χ0) is 28.8. The number of nitrogens with zero attached hydrogens (tertiary/aromatic N) is 5. The highest BCUT2D eigenvalue weighted by molar-refractivity contribution is 6.74. The molecule has 1 aliphatic rings. The lowest BCUT2D eigenvalue weighted by Crippen LogP contribution is -2.53. The van der Waals surface area contributed by atoms with Crippen molar-refractivity contribution in [2.45, 2.75) is 102 Å². The van der Waals surface area contributed by atoms with Gasteiger partial charge < -0.3 is 23.6 Å². The normalized spacial score (nSPS) is 23.6. The van der Waals surface area contributed by atoms with E-state index in [-0.39, 0.29) is 28.1 Å². The maximum Gasteiger partial charge on any atom is 0.280 e. The molecule has 0 spiro atoms. The van der Waals surface area contributed by atoms with E-state index < -0.39 is 46.7 Å². The number of rotatable bonds is 8. The van der Waals surface area contributed by atoms with Crippen LogP contribution in [0.2, 0.25) is 36.3 Å². The molecular formula is C25H46N6O5Si2. The third kappa shape index (κ3) is 6.12. The summed E-state index contributed by atoms with van der Waals surface area (Å²) in [5, 5.41) is 10.3. The minimum Gasteiger partial charge on any atom is -0.408 e. The van der Waals surface area contributed by atoms with Crippen LogP contribution >= 0.6 is 0 Å². The standard InChI is InChI=1S/C25H46N6O5Si2/c1-24(2,3)37(9,10)35-18-16(13-32)34-22(19(18)36-38(11,12)25(4,5)6)31-15-26-17-20(31)28-23(29-21(17)33)27-14-30(7)8/h14-16,18-19,22,32H,13H2,1-12H3,(H,28,29,33)/b27-14+/t16-,18-,19-,22-/m1/s1. The molecule has 1 aliphatic heterocycles. The summed E-state index contributed by atoms with van der Waals surface area (Å²) in [6.07, 6.45) is 0.725. The Bertz CT molecular complexity index is 1210. The third-order valence-corrected chi connectivity index (χ3v) is 17.0. The first kappa shape index (κ1) is 30.6. The average molecular weight is 567 g/mol. The van der Waals surface area contributed by atoms with Crippen molar-refractivity contribution in [3.05, 3.63) is 16.7 Å². The zero-order valence-electron chi connectivity index (χ0n) is 25.0. The van der Waals surface area contributed by atoms with E-state index in [0.717, 1.165) is 0 Å². The number of ether oxygens (including phenoxy) is 1. The number of aliphatic imine (C=N–C) groups is 1. The van der Waals surface area contributed by atoms with E-state index in [1.807, 2.05) is 14.1 Å². The maximum atomic E-state index is 12.8. The molecule has 0 amide bonds. The molecule has 214 valence electrons. The van der Waals surface area contributed by atoms with Crippen molar-refractivity contribution in [2.24, 2.45) is 4.99 Å². The van der Waals surface area contributed by atoms with Gasteiger partial charge in [0.15, 0.2) is 34.0 Å². The van der Waals surface area contributed by atoms with Crippen molar-refractivity contribution in [2.75, 3.05) is 20.7 Å². The summed E-state index contributed by atoms with van der Waals surface area (Å²) in [5.41, 5.74) is 0.114. The summed E-state index contributed by atoms with van der Waals surface area (Å²) in [6.45, 7) is 21.6. The number of nitrogens with one attached hydrogen (secondary N) is 1. The fourth-order valence-electron chi connectivity index (χ4n) is 3.71. The fraction of sp³-hybridized carbons (Fsp3) is 0.760. The number of aromatic amines is 1. The van der Waals surface area contributed by atoms with Gasteiger partial charge >= 0.3 is 0 Å². The van der Waals surface area contributed by atoms with Gasteiger partial charge in [0, 0.05) is 14.1 Å². The highest BCUT2D eigenvalue weighted by atomic mass is 28.4. The Kier molecular flexibility index (Phi) is 8.53. The lowest BCUT2D eigenvalue weighted by Gasteiger charge is -2.44. The van der Waals surface area contributed by atoms with Crippen molar-refractivity contribution >= 4 is 40.1 Å². The van der Waals surface area contributed by atoms with Crippen LogP contribution in [0.4, 0.5) is 5.95 Å². The molecule has 0 radical (unpaired) electrons. The van der Waals surface area contributed by atoms with Crippen LogP contribution in [-0.4, -0.2) is 91.5 Å². The minimum atomic E-state index is -2.32. The Labute approximate surface area is 227 Å². The van der Waals surface area contributed by atoms with Gasteiger partial charge in [-0.15, -0.1) is 0 Å². The molecule has 13 heteroatoms. The first-order chi connectivity index (χ1) is 17.3. The predicted molar refractivity (Wildman–Crippen MR) is 155 cm³/mol. The molecule has 1 fully saturated rings. The van der Waals surface area contributed by atoms with E-state index in [1.165, 1.54) is 0 Å². The summed E-state index contributed by atoms with van der Waals surface area (Å²) in [6, 6.07) is 0. The molecule has 38 heavy (non-hydrogen) atoms. The molecule has 4 atom stereocenters. The van der Waals surface area contributed by atoms with Crippen LogP contribution in [0.15, 0.2) is 16.1 Å². The van der Waals surface area contributed by atoms with Gasteiger partial charge in [0.2, 0.25) is 5.95 Å². The van der Waals surface area contributed by atoms with Gasteiger partial charge in [0.05, 0.1) is 19.3 Å². The Morgan fingerprint density at radius 3 is 2.16 bits per heavy atom. The average Bonchev–Trinajstić information content (AvgIpc) is 3.32. The first-order valence-corrected chi connectivity index (χ1v) is 18.9. The van der Waals surface area contributed by atoms with E-state index in [9.17, 15) is 9.90 Å². The second-order valence-electron chi connectivity index (χ2n) is 13.4. The molecule has 0 aliphatic carbocycles. The Morgan fingerprint density at radius 1 is 1.11 bits per heavy atom. The Morgan fingerprint density at radius 2 is 1.66 bits per heavy atom. The largest absolute Gasteiger partial charge is 0.408 e. The summed E-state index contributed by atoms with van der Waals surface area (Å²) < 4.78 is 22.1. The van der Waals surface area contributed by atoms with Crippen LogP contribution in [0.5, 0.6) is 0 Å². The van der Waals surface area contributed by atoms with Crippen LogP contribution in [0.25, 0.3) is 11.2 Å². The van der Waals surface area contributed by atoms with E-state index in [4.69, 9.17) is 13.6 Å². The SMILES string of the molecule is CN(C)/C=N/c1nc2c(ncn2[C@@H]2O[C@H](CO)[C@@H](O[Si](C)(C)C(C)(C)C)[C@H]2O[Si](C)(C)C(C)(C)C)c(=O)[nH]1. The molecule has 1 saturated heterocycles. The Balaban J connectivity index is 2.16. The van der Waals surface area contributed by atoms with Gasteiger partial charge in [0.25, 0.3) is 5.56 Å². The van der Waals surface area contributed by atoms with Crippen molar-refractivity contribution in [3.8, 4) is 0 Å². The molecule has 2 aromatic heterocycles. The summed E-state index contributed by atoms with van der Waals surface area (Å²) in [4.78, 5) is 30.4. The summed E-state index contributed by atoms with van der Waals surface area (Å²) in [5.74, 6) is 0.158. The van der Waals surface area contributed by atoms with Crippen molar-refractivity contribution < 1.29 is 18.7 Å². The van der Waals surface area contributed by atoms with Gasteiger partial charge in [-0.2, -0.15) is 4.98 Å². The highest BCUT2D eigenvalue weighted by Gasteiger charge is 2.54. The van der Waals surface area contributed by atoms with Gasteiger partial charge in [-0.1, -0.05) is 41.5 Å². The number of hydrogen-bond donors (Lipinski definition) is 2. The molecule has 0 unspecified atom stereocenters. The smallest absolute Gasteiger partial charge is 0.280 e. The number of hydrogen-bond acceptors (Lipinski definition) is 8. The molecule has 0 bridgehead atoms. The fourth-order valence-corrected chi connectivity index (χ4v) is 6.32. The van der Waals surface area contributed by atoms with Gasteiger partial charge in [-0.05, 0) is 36.3 Å². The van der Waals surface area contributed by atoms with Crippen LogP contribution < -0.4 is 5.56 Å². The van der Waals surface area contributed by atoms with E-state index >= 15 is 0 Å². The van der Waals surface area contributed by atoms with Crippen molar-refractivity contribution in [1.82, 2.24) is 24.4 Å². The molecule has 2 aromatic rings. The summed E-state index contributed by atoms with van der Waals surface area (Å²) in [7, 11) is -0.934. The molecule has 0 saturated carbocycles. The van der Waals surface area contributed by atoms with E-state index in [1.54, 1.807) is 22.1 Å². The van der Waals surface area contributed by atoms with Gasteiger partial charge in [0.1, 0.15) is 18.3 Å². The van der Waals surface area contributed by atoms with Crippen LogP contribution in [-0.2, 0) is 13.6 Å². The molecular weight excluding hydrogens is 520 g/mol. The number of aliphatic hydroxyl groups is 1. The van der Waals surface area contributed by atoms with E-state index in [0.29, 0.717) is 5.65 Å². The van der Waals surface area contributed by atoms with Crippen LogP contribution in [0, 0.1) is 0 Å². The number of fused-ring (bicyclic) bond motifs is 1. The molecule has 11 nitrogen and oxygen atoms in total. The quantitative estimate of drug-likeness (QED) is 0.279. The monoisotopic (exact) mass is 566 g/mol. The number of imidazole rings is 1. The third-order valence-electron chi connectivity index (χ3n) is 8.04. The Hall–Kier alpha value is -1.91. The topological polar surface area (TPSA) is 127 Å². The first-order valence-electron chi connectivity index (χ1n) is 13.1. The minimum absolute atomic E-state index is 0.0531. The van der Waals surface area contributed by atoms with Gasteiger partial charge in [-0.25, -0.2) is 9.98 Å². The second kappa shape index (κ2) is 10.6. The second-order valence-corrected chi connectivity index (χ2v) is 22.9. The maximum absolute atomic E-state index is 12.8. The van der Waals surface area contributed by atoms with Gasteiger partial charge in [-0.3, -0.25) is 14.3 Å². The number of H-pyrrole nitrogens is 1. The van der Waals surface area contributed by atoms with Crippen LogP contribution in [0.3, 0.4) is 0 Å². The molecule has 3 heterocycles. The molecule has 2 N–H and O–H groups in total. The lowest BCUT2D eigenvalue weighted by molar-refractivity contribution is -0.0491. The number of aliphatic hydroxyl groups excluding tert-OH is 1. The summed E-state index contributed by atoms with van der Waals surface area (Å²) >= 11 is 0. The number of aromatic nitrogens is 4. The molecule has 0 aromatic carbocycles. The molecule has 3 rings (SSSR count). The van der Waals surface area contributed by atoms with Crippen molar-refractivity contribution in [1.29, 1.82) is 0 Å². The highest BCUT2D eigenvalue weighted by Crippen LogP contribution is 2.46. The van der Waals surface area contributed by atoms with Crippen LogP contribution in [0.1, 0.15) is 47.8 Å². The lowest BCUT2D eigenvalue weighted by atomic mass is 10.1.